The molecule has 0 N–H and O–H groups in total. The molecule has 0 aliphatic rings. The Hall–Kier alpha value is -1.77. The van der Waals surface area contributed by atoms with Gasteiger partial charge in [0.15, 0.2) is 6.61 Å². The van der Waals surface area contributed by atoms with Crippen LogP contribution in [0.3, 0.4) is 0 Å². The lowest BCUT2D eigenvalue weighted by Gasteiger charge is -2.05. The molecule has 78 valence electrons. The Labute approximate surface area is 88.7 Å². The smallest absolute Gasteiger partial charge is 0.232 e. The second-order valence-electron chi connectivity index (χ2n) is 3.42. The molecule has 0 saturated heterocycles. The van der Waals surface area contributed by atoms with E-state index in [1.807, 2.05) is 38.1 Å². The zero-order valence-electron chi connectivity index (χ0n) is 8.86. The number of nitrogens with zero attached hydrogens (tertiary/aromatic N) is 1. The van der Waals surface area contributed by atoms with Crippen molar-refractivity contribution in [1.29, 1.82) is 0 Å². The summed E-state index contributed by atoms with van der Waals surface area (Å²) in [7, 11) is 0. The lowest BCUT2D eigenvalue weighted by atomic mass is 10.2. The summed E-state index contributed by atoms with van der Waals surface area (Å²) in [5, 5.41) is 0. The summed E-state index contributed by atoms with van der Waals surface area (Å²) in [5.74, 6) is 2.28. The topological polar surface area (TPSA) is 35.3 Å². The minimum Gasteiger partial charge on any atom is -0.484 e. The van der Waals surface area contributed by atoms with Gasteiger partial charge in [0, 0.05) is 0 Å². The Morgan fingerprint density at radius 2 is 2.07 bits per heavy atom. The minimum atomic E-state index is 0.374. The van der Waals surface area contributed by atoms with Crippen molar-refractivity contribution in [3.63, 3.8) is 0 Å². The SMILES string of the molecule is Cc1cnc(COc2ccccc2C)o1. The monoisotopic (exact) mass is 203 g/mol. The van der Waals surface area contributed by atoms with E-state index in [9.17, 15) is 0 Å². The van der Waals surface area contributed by atoms with Crippen LogP contribution in [0.1, 0.15) is 17.2 Å². The van der Waals surface area contributed by atoms with Gasteiger partial charge in [-0.2, -0.15) is 0 Å². The van der Waals surface area contributed by atoms with Gasteiger partial charge in [-0.3, -0.25) is 0 Å². The van der Waals surface area contributed by atoms with Gasteiger partial charge in [0.2, 0.25) is 5.89 Å². The highest BCUT2D eigenvalue weighted by Crippen LogP contribution is 2.17. The maximum atomic E-state index is 5.58. The van der Waals surface area contributed by atoms with Gasteiger partial charge in [-0.05, 0) is 25.5 Å². The van der Waals surface area contributed by atoms with Crippen LogP contribution in [-0.2, 0) is 6.61 Å². The first-order chi connectivity index (χ1) is 7.25. The molecule has 0 radical (unpaired) electrons. The maximum absolute atomic E-state index is 5.58. The Bertz CT molecular complexity index is 448. The molecule has 0 spiro atoms. The van der Waals surface area contributed by atoms with Gasteiger partial charge in [-0.1, -0.05) is 18.2 Å². The molecule has 1 heterocycles. The van der Waals surface area contributed by atoms with Gasteiger partial charge in [-0.15, -0.1) is 0 Å². The highest BCUT2D eigenvalue weighted by atomic mass is 16.5. The second kappa shape index (κ2) is 4.17. The molecule has 1 aromatic carbocycles. The predicted octanol–water partition coefficient (Wildman–Crippen LogP) is 2.87. The van der Waals surface area contributed by atoms with Crippen molar-refractivity contribution in [1.82, 2.24) is 4.98 Å². The van der Waals surface area contributed by atoms with Gasteiger partial charge >= 0.3 is 0 Å². The molecule has 0 fully saturated rings. The Kier molecular flexibility index (Phi) is 2.72. The molecule has 0 unspecified atom stereocenters. The normalized spacial score (nSPS) is 10.3. The standard InChI is InChI=1S/C12H13NO2/c1-9-5-3-4-6-11(9)14-8-12-13-7-10(2)15-12/h3-7H,8H2,1-2H3. The first kappa shape index (κ1) is 9.77. The highest BCUT2D eigenvalue weighted by Gasteiger charge is 2.02. The van der Waals surface area contributed by atoms with Crippen LogP contribution in [0, 0.1) is 13.8 Å². The van der Waals surface area contributed by atoms with E-state index in [2.05, 4.69) is 4.98 Å². The zero-order valence-corrected chi connectivity index (χ0v) is 8.86. The molecule has 0 atom stereocenters. The summed E-state index contributed by atoms with van der Waals surface area (Å²) in [4.78, 5) is 4.07. The van der Waals surface area contributed by atoms with Crippen molar-refractivity contribution >= 4 is 0 Å². The minimum absolute atomic E-state index is 0.374. The van der Waals surface area contributed by atoms with Crippen LogP contribution in [0.25, 0.3) is 0 Å². The molecule has 0 amide bonds. The van der Waals surface area contributed by atoms with E-state index in [-0.39, 0.29) is 0 Å². The van der Waals surface area contributed by atoms with Gasteiger partial charge in [0.25, 0.3) is 0 Å². The lowest BCUT2D eigenvalue weighted by molar-refractivity contribution is 0.259. The average molecular weight is 203 g/mol. The number of aryl methyl sites for hydroxylation is 2. The fourth-order valence-corrected chi connectivity index (χ4v) is 1.33. The van der Waals surface area contributed by atoms with Gasteiger partial charge < -0.3 is 9.15 Å². The summed E-state index contributed by atoms with van der Waals surface area (Å²) in [6.07, 6.45) is 1.69. The molecule has 2 aromatic rings. The summed E-state index contributed by atoms with van der Waals surface area (Å²) >= 11 is 0. The van der Waals surface area contributed by atoms with Crippen molar-refractivity contribution in [3.05, 3.63) is 47.7 Å². The first-order valence-electron chi connectivity index (χ1n) is 4.85. The van der Waals surface area contributed by atoms with Crippen LogP contribution in [0.2, 0.25) is 0 Å². The molecule has 0 saturated carbocycles. The zero-order chi connectivity index (χ0) is 10.7. The molecule has 0 aliphatic carbocycles. The third-order valence-corrected chi connectivity index (χ3v) is 2.11. The van der Waals surface area contributed by atoms with Crippen LogP contribution in [-0.4, -0.2) is 4.98 Å². The Morgan fingerprint density at radius 1 is 1.27 bits per heavy atom. The van der Waals surface area contributed by atoms with E-state index >= 15 is 0 Å². The molecular weight excluding hydrogens is 190 g/mol. The molecule has 15 heavy (non-hydrogen) atoms. The quantitative estimate of drug-likeness (QED) is 0.769. The van der Waals surface area contributed by atoms with E-state index in [1.54, 1.807) is 6.20 Å². The average Bonchev–Trinajstić information content (AvgIpc) is 2.63. The Morgan fingerprint density at radius 3 is 2.73 bits per heavy atom. The summed E-state index contributed by atoms with van der Waals surface area (Å²) in [6.45, 7) is 4.25. The lowest BCUT2D eigenvalue weighted by Crippen LogP contribution is -1.96. The van der Waals surface area contributed by atoms with Crippen molar-refractivity contribution in [3.8, 4) is 5.75 Å². The van der Waals surface area contributed by atoms with Crippen molar-refractivity contribution < 1.29 is 9.15 Å². The van der Waals surface area contributed by atoms with Gasteiger partial charge in [0.1, 0.15) is 11.5 Å². The first-order valence-corrected chi connectivity index (χ1v) is 4.85. The third-order valence-electron chi connectivity index (χ3n) is 2.11. The summed E-state index contributed by atoms with van der Waals surface area (Å²) < 4.78 is 10.9. The second-order valence-corrected chi connectivity index (χ2v) is 3.42. The molecule has 3 heteroatoms. The van der Waals surface area contributed by atoms with Crippen molar-refractivity contribution in [2.24, 2.45) is 0 Å². The number of oxazole rings is 1. The van der Waals surface area contributed by atoms with Crippen molar-refractivity contribution in [2.75, 3.05) is 0 Å². The molecule has 3 nitrogen and oxygen atoms in total. The molecular formula is C12H13NO2. The number of ether oxygens (including phenoxy) is 1. The molecule has 1 aromatic heterocycles. The van der Waals surface area contributed by atoms with Crippen LogP contribution < -0.4 is 4.74 Å². The van der Waals surface area contributed by atoms with Gasteiger partial charge in [-0.25, -0.2) is 4.98 Å². The fraction of sp³-hybridized carbons (Fsp3) is 0.250. The van der Waals surface area contributed by atoms with Crippen molar-refractivity contribution in [2.45, 2.75) is 20.5 Å². The van der Waals surface area contributed by atoms with E-state index in [0.29, 0.717) is 12.5 Å². The van der Waals surface area contributed by atoms with Crippen LogP contribution >= 0.6 is 0 Å². The van der Waals surface area contributed by atoms with Crippen LogP contribution in [0.4, 0.5) is 0 Å². The van der Waals surface area contributed by atoms with E-state index in [0.717, 1.165) is 17.1 Å². The number of hydrogen-bond donors (Lipinski definition) is 0. The number of benzene rings is 1. The predicted molar refractivity (Wildman–Crippen MR) is 56.8 cm³/mol. The fourth-order valence-electron chi connectivity index (χ4n) is 1.33. The van der Waals surface area contributed by atoms with E-state index in [1.165, 1.54) is 0 Å². The van der Waals surface area contributed by atoms with Gasteiger partial charge in [0.05, 0.1) is 6.20 Å². The van der Waals surface area contributed by atoms with Crippen LogP contribution in [0.5, 0.6) is 5.75 Å². The summed E-state index contributed by atoms with van der Waals surface area (Å²) in [5.41, 5.74) is 1.11. The van der Waals surface area contributed by atoms with E-state index in [4.69, 9.17) is 9.15 Å². The molecule has 2 rings (SSSR count). The maximum Gasteiger partial charge on any atom is 0.232 e. The van der Waals surface area contributed by atoms with Crippen LogP contribution in [0.15, 0.2) is 34.9 Å². The highest BCUT2D eigenvalue weighted by molar-refractivity contribution is 5.31. The molecule has 0 bridgehead atoms. The number of hydrogen-bond acceptors (Lipinski definition) is 3. The largest absolute Gasteiger partial charge is 0.484 e. The Balaban J connectivity index is 2.02. The number of rotatable bonds is 3. The third kappa shape index (κ3) is 2.37. The van der Waals surface area contributed by atoms with E-state index < -0.39 is 0 Å². The number of aromatic nitrogens is 1. The molecule has 0 aliphatic heterocycles. The summed E-state index contributed by atoms with van der Waals surface area (Å²) in [6, 6.07) is 7.88. The number of para-hydroxylation sites is 1.